The first kappa shape index (κ1) is 13.6. The standard InChI is InChI=1S/C15H19ClFN/c1-11(3-2-8-18-14-6-7-14)9-12-4-5-13(17)10-15(12)16/h3-5,10,14,18H,2,6-9H2,1H3. The number of hydrogen-bond acceptors (Lipinski definition) is 1. The topological polar surface area (TPSA) is 12.0 Å². The summed E-state index contributed by atoms with van der Waals surface area (Å²) in [5, 5.41) is 3.99. The summed E-state index contributed by atoms with van der Waals surface area (Å²) in [5.41, 5.74) is 2.27. The lowest BCUT2D eigenvalue weighted by atomic mass is 10.1. The highest BCUT2D eigenvalue weighted by Gasteiger charge is 2.19. The molecular weight excluding hydrogens is 249 g/mol. The summed E-state index contributed by atoms with van der Waals surface area (Å²) < 4.78 is 12.9. The molecule has 0 atom stereocenters. The van der Waals surface area contributed by atoms with Crippen molar-refractivity contribution < 1.29 is 4.39 Å². The van der Waals surface area contributed by atoms with Gasteiger partial charge in [-0.3, -0.25) is 0 Å². The molecule has 1 saturated carbocycles. The molecule has 1 fully saturated rings. The van der Waals surface area contributed by atoms with Crippen LogP contribution in [0.2, 0.25) is 5.02 Å². The summed E-state index contributed by atoms with van der Waals surface area (Å²) in [7, 11) is 0. The molecule has 0 amide bonds. The molecule has 3 heteroatoms. The highest BCUT2D eigenvalue weighted by atomic mass is 35.5. The average molecular weight is 268 g/mol. The van der Waals surface area contributed by atoms with Crippen LogP contribution in [0.25, 0.3) is 0 Å². The van der Waals surface area contributed by atoms with E-state index in [1.54, 1.807) is 6.07 Å². The fraction of sp³-hybridized carbons (Fsp3) is 0.467. The van der Waals surface area contributed by atoms with Crippen LogP contribution in [0.15, 0.2) is 29.8 Å². The monoisotopic (exact) mass is 267 g/mol. The van der Waals surface area contributed by atoms with E-state index in [0.717, 1.165) is 31.0 Å². The zero-order valence-electron chi connectivity index (χ0n) is 10.7. The van der Waals surface area contributed by atoms with Gasteiger partial charge in [-0.05, 0) is 56.8 Å². The molecule has 0 saturated heterocycles. The number of halogens is 2. The molecule has 0 bridgehead atoms. The van der Waals surface area contributed by atoms with Gasteiger partial charge in [-0.15, -0.1) is 0 Å². The Bertz CT molecular complexity index is 438. The van der Waals surface area contributed by atoms with Gasteiger partial charge < -0.3 is 5.32 Å². The van der Waals surface area contributed by atoms with Crippen LogP contribution < -0.4 is 5.32 Å². The van der Waals surface area contributed by atoms with E-state index in [2.05, 4.69) is 18.3 Å². The highest BCUT2D eigenvalue weighted by Crippen LogP contribution is 2.21. The van der Waals surface area contributed by atoms with Gasteiger partial charge in [0.25, 0.3) is 0 Å². The number of hydrogen-bond donors (Lipinski definition) is 1. The summed E-state index contributed by atoms with van der Waals surface area (Å²) in [4.78, 5) is 0. The van der Waals surface area contributed by atoms with E-state index in [1.165, 1.54) is 30.5 Å². The predicted octanol–water partition coefficient (Wildman–Crippen LogP) is 4.11. The molecule has 2 rings (SSSR count). The Hall–Kier alpha value is -0.860. The van der Waals surface area contributed by atoms with Crippen molar-refractivity contribution in [1.29, 1.82) is 0 Å². The number of rotatable bonds is 6. The lowest BCUT2D eigenvalue weighted by Crippen LogP contribution is -2.16. The van der Waals surface area contributed by atoms with Gasteiger partial charge in [0, 0.05) is 11.1 Å². The van der Waals surface area contributed by atoms with Crippen molar-refractivity contribution in [2.24, 2.45) is 0 Å². The molecule has 0 aromatic heterocycles. The summed E-state index contributed by atoms with van der Waals surface area (Å²) in [6.07, 6.45) is 6.72. The van der Waals surface area contributed by atoms with Gasteiger partial charge in [0.15, 0.2) is 0 Å². The molecule has 1 aromatic carbocycles. The quantitative estimate of drug-likeness (QED) is 0.604. The smallest absolute Gasteiger partial charge is 0.124 e. The fourth-order valence-corrected chi connectivity index (χ4v) is 2.17. The van der Waals surface area contributed by atoms with Crippen LogP contribution in [0.3, 0.4) is 0 Å². The third-order valence-electron chi connectivity index (χ3n) is 3.13. The molecule has 0 unspecified atom stereocenters. The number of nitrogens with one attached hydrogen (secondary N) is 1. The Morgan fingerprint density at radius 2 is 2.28 bits per heavy atom. The van der Waals surface area contributed by atoms with Crippen LogP contribution in [0.4, 0.5) is 4.39 Å². The van der Waals surface area contributed by atoms with E-state index >= 15 is 0 Å². The van der Waals surface area contributed by atoms with E-state index < -0.39 is 0 Å². The molecule has 1 aromatic rings. The van der Waals surface area contributed by atoms with Gasteiger partial charge in [0.1, 0.15) is 5.82 Å². The van der Waals surface area contributed by atoms with Crippen LogP contribution in [-0.4, -0.2) is 12.6 Å². The molecule has 0 spiro atoms. The van der Waals surface area contributed by atoms with Gasteiger partial charge in [0.05, 0.1) is 0 Å². The van der Waals surface area contributed by atoms with E-state index in [0.29, 0.717) is 5.02 Å². The minimum absolute atomic E-state index is 0.279. The van der Waals surface area contributed by atoms with Crippen molar-refractivity contribution >= 4 is 11.6 Å². The molecule has 1 aliphatic rings. The molecule has 1 nitrogen and oxygen atoms in total. The van der Waals surface area contributed by atoms with Gasteiger partial charge in [-0.2, -0.15) is 0 Å². The average Bonchev–Trinajstić information content (AvgIpc) is 3.12. The fourth-order valence-electron chi connectivity index (χ4n) is 1.93. The Morgan fingerprint density at radius 3 is 2.94 bits per heavy atom. The molecule has 0 heterocycles. The van der Waals surface area contributed by atoms with E-state index in [-0.39, 0.29) is 5.82 Å². The third kappa shape index (κ3) is 4.43. The predicted molar refractivity (Wildman–Crippen MR) is 74.5 cm³/mol. The Morgan fingerprint density at radius 1 is 1.50 bits per heavy atom. The van der Waals surface area contributed by atoms with Crippen LogP contribution in [-0.2, 0) is 6.42 Å². The number of allylic oxidation sites excluding steroid dienone is 1. The lowest BCUT2D eigenvalue weighted by molar-refractivity contribution is 0.627. The second kappa shape index (κ2) is 6.35. The Kier molecular flexibility index (Phi) is 4.79. The highest BCUT2D eigenvalue weighted by molar-refractivity contribution is 6.31. The third-order valence-corrected chi connectivity index (χ3v) is 3.48. The first-order valence-corrected chi connectivity index (χ1v) is 6.86. The maximum absolute atomic E-state index is 12.9. The minimum atomic E-state index is -0.279. The molecule has 0 aliphatic heterocycles. The normalized spacial score (nSPS) is 16.1. The van der Waals surface area contributed by atoms with Crippen LogP contribution >= 0.6 is 11.6 Å². The van der Waals surface area contributed by atoms with Crippen LogP contribution in [0.5, 0.6) is 0 Å². The van der Waals surface area contributed by atoms with Gasteiger partial charge in [-0.1, -0.05) is 29.3 Å². The summed E-state index contributed by atoms with van der Waals surface area (Å²) in [6.45, 7) is 3.13. The lowest BCUT2D eigenvalue weighted by Gasteiger charge is -2.05. The van der Waals surface area contributed by atoms with Crippen molar-refractivity contribution in [2.45, 2.75) is 38.6 Å². The zero-order chi connectivity index (χ0) is 13.0. The molecule has 98 valence electrons. The Labute approximate surface area is 113 Å². The van der Waals surface area contributed by atoms with E-state index in [4.69, 9.17) is 11.6 Å². The molecule has 1 N–H and O–H groups in total. The Balaban J connectivity index is 1.80. The molecular formula is C15H19ClFN. The van der Waals surface area contributed by atoms with Crippen molar-refractivity contribution in [3.8, 4) is 0 Å². The SMILES string of the molecule is CC(=CCCNC1CC1)Cc1ccc(F)cc1Cl. The van der Waals surface area contributed by atoms with E-state index in [1.807, 2.05) is 0 Å². The van der Waals surface area contributed by atoms with Crippen molar-refractivity contribution in [3.63, 3.8) is 0 Å². The van der Waals surface area contributed by atoms with Gasteiger partial charge >= 0.3 is 0 Å². The summed E-state index contributed by atoms with van der Waals surface area (Å²) in [5.74, 6) is -0.279. The summed E-state index contributed by atoms with van der Waals surface area (Å²) >= 11 is 6.01. The number of benzene rings is 1. The first-order chi connectivity index (χ1) is 8.65. The molecule has 1 aliphatic carbocycles. The largest absolute Gasteiger partial charge is 0.314 e. The molecule has 0 radical (unpaired) electrons. The van der Waals surface area contributed by atoms with Crippen molar-refractivity contribution in [1.82, 2.24) is 5.32 Å². The van der Waals surface area contributed by atoms with Crippen LogP contribution in [0.1, 0.15) is 31.7 Å². The maximum atomic E-state index is 12.9. The minimum Gasteiger partial charge on any atom is -0.314 e. The van der Waals surface area contributed by atoms with E-state index in [9.17, 15) is 4.39 Å². The van der Waals surface area contributed by atoms with Crippen LogP contribution in [0, 0.1) is 5.82 Å². The van der Waals surface area contributed by atoms with Gasteiger partial charge in [-0.25, -0.2) is 4.39 Å². The summed E-state index contributed by atoms with van der Waals surface area (Å²) in [6, 6.07) is 5.37. The second-order valence-corrected chi connectivity index (χ2v) is 5.39. The van der Waals surface area contributed by atoms with Gasteiger partial charge in [0.2, 0.25) is 0 Å². The zero-order valence-corrected chi connectivity index (χ0v) is 11.4. The molecule has 18 heavy (non-hydrogen) atoms. The first-order valence-electron chi connectivity index (χ1n) is 6.48. The van der Waals surface area contributed by atoms with Crippen molar-refractivity contribution in [3.05, 3.63) is 46.3 Å². The maximum Gasteiger partial charge on any atom is 0.124 e. The second-order valence-electron chi connectivity index (χ2n) is 4.98. The van der Waals surface area contributed by atoms with Crippen molar-refractivity contribution in [2.75, 3.05) is 6.54 Å².